The molecule has 3 rings (SSSR count). The summed E-state index contributed by atoms with van der Waals surface area (Å²) in [5.41, 5.74) is 1.06. The molecule has 1 aromatic heterocycles. The summed E-state index contributed by atoms with van der Waals surface area (Å²) in [5, 5.41) is 4.36. The minimum atomic E-state index is -1.00. The van der Waals surface area contributed by atoms with Gasteiger partial charge in [0.2, 0.25) is 0 Å². The standard InChI is InChI=1S/C18H13F2NO2S/c19-15-7-6-13(9-16(15)20)21-18(22)17-8-12(11-24-17)10-23-14-4-2-1-3-5-14/h1-9,11H,10H2,(H,21,22). The molecule has 0 aliphatic rings. The number of halogens is 2. The van der Waals surface area contributed by atoms with Gasteiger partial charge in [0.05, 0.1) is 4.88 Å². The molecule has 0 spiro atoms. The fraction of sp³-hybridized carbons (Fsp3) is 0.0556. The van der Waals surface area contributed by atoms with Gasteiger partial charge in [0.25, 0.3) is 5.91 Å². The van der Waals surface area contributed by atoms with Crippen molar-refractivity contribution in [1.29, 1.82) is 0 Å². The Morgan fingerprint density at radius 2 is 1.83 bits per heavy atom. The molecule has 24 heavy (non-hydrogen) atoms. The van der Waals surface area contributed by atoms with Crippen LogP contribution in [0.25, 0.3) is 0 Å². The molecular formula is C18H13F2NO2S. The molecule has 6 heteroatoms. The van der Waals surface area contributed by atoms with Crippen molar-refractivity contribution in [3.63, 3.8) is 0 Å². The normalized spacial score (nSPS) is 10.4. The third kappa shape index (κ3) is 3.97. The zero-order valence-electron chi connectivity index (χ0n) is 12.5. The summed E-state index contributed by atoms with van der Waals surface area (Å²) in [7, 11) is 0. The fourth-order valence-electron chi connectivity index (χ4n) is 2.02. The number of ether oxygens (including phenoxy) is 1. The maximum Gasteiger partial charge on any atom is 0.265 e. The van der Waals surface area contributed by atoms with E-state index in [1.807, 2.05) is 35.7 Å². The van der Waals surface area contributed by atoms with E-state index < -0.39 is 11.6 Å². The van der Waals surface area contributed by atoms with Gasteiger partial charge in [-0.2, -0.15) is 0 Å². The van der Waals surface area contributed by atoms with E-state index in [1.165, 1.54) is 17.4 Å². The molecule has 0 aliphatic heterocycles. The topological polar surface area (TPSA) is 38.3 Å². The molecule has 1 amide bonds. The van der Waals surface area contributed by atoms with Crippen molar-refractivity contribution in [3.05, 3.63) is 82.1 Å². The van der Waals surface area contributed by atoms with Crippen LogP contribution in [0.1, 0.15) is 15.2 Å². The van der Waals surface area contributed by atoms with Crippen LogP contribution in [0.3, 0.4) is 0 Å². The van der Waals surface area contributed by atoms with Crippen LogP contribution >= 0.6 is 11.3 Å². The van der Waals surface area contributed by atoms with Crippen LogP contribution in [-0.2, 0) is 6.61 Å². The highest BCUT2D eigenvalue weighted by Crippen LogP contribution is 2.20. The van der Waals surface area contributed by atoms with Crippen LogP contribution in [0.4, 0.5) is 14.5 Å². The van der Waals surface area contributed by atoms with E-state index in [9.17, 15) is 13.6 Å². The highest BCUT2D eigenvalue weighted by atomic mass is 32.1. The van der Waals surface area contributed by atoms with E-state index in [2.05, 4.69) is 5.32 Å². The Morgan fingerprint density at radius 3 is 2.58 bits per heavy atom. The third-order valence-corrected chi connectivity index (χ3v) is 4.18. The van der Waals surface area contributed by atoms with Gasteiger partial charge in [-0.3, -0.25) is 4.79 Å². The van der Waals surface area contributed by atoms with Crippen molar-refractivity contribution in [2.24, 2.45) is 0 Å². The Labute approximate surface area is 141 Å². The van der Waals surface area contributed by atoms with Crippen molar-refractivity contribution < 1.29 is 18.3 Å². The van der Waals surface area contributed by atoms with Gasteiger partial charge in [-0.1, -0.05) is 18.2 Å². The molecule has 3 nitrogen and oxygen atoms in total. The summed E-state index contributed by atoms with van der Waals surface area (Å²) in [5.74, 6) is -1.59. The predicted molar refractivity (Wildman–Crippen MR) is 89.4 cm³/mol. The molecule has 1 heterocycles. The number of amides is 1. The number of carbonyl (C=O) groups is 1. The van der Waals surface area contributed by atoms with E-state index in [0.29, 0.717) is 11.5 Å². The Bertz CT molecular complexity index is 849. The van der Waals surface area contributed by atoms with Crippen molar-refractivity contribution in [1.82, 2.24) is 0 Å². The molecule has 2 aromatic carbocycles. The molecule has 0 fully saturated rings. The first-order chi connectivity index (χ1) is 11.6. The number of benzene rings is 2. The van der Waals surface area contributed by atoms with Gasteiger partial charge in [-0.15, -0.1) is 11.3 Å². The Morgan fingerprint density at radius 1 is 1.04 bits per heavy atom. The highest BCUT2D eigenvalue weighted by molar-refractivity contribution is 7.12. The van der Waals surface area contributed by atoms with Crippen LogP contribution in [0.15, 0.2) is 60.0 Å². The minimum absolute atomic E-state index is 0.203. The maximum atomic E-state index is 13.2. The summed E-state index contributed by atoms with van der Waals surface area (Å²) in [4.78, 5) is 12.6. The fourth-order valence-corrected chi connectivity index (χ4v) is 2.81. The molecule has 122 valence electrons. The molecule has 0 bridgehead atoms. The van der Waals surface area contributed by atoms with Crippen LogP contribution in [0.5, 0.6) is 5.75 Å². The van der Waals surface area contributed by atoms with E-state index in [0.717, 1.165) is 23.4 Å². The number of anilines is 1. The summed E-state index contributed by atoms with van der Waals surface area (Å²) in [6.45, 7) is 0.346. The summed E-state index contributed by atoms with van der Waals surface area (Å²) in [6.07, 6.45) is 0. The summed E-state index contributed by atoms with van der Waals surface area (Å²) < 4.78 is 31.7. The highest BCUT2D eigenvalue weighted by Gasteiger charge is 2.11. The SMILES string of the molecule is O=C(Nc1ccc(F)c(F)c1)c1cc(COc2ccccc2)cs1. The minimum Gasteiger partial charge on any atom is -0.489 e. The zero-order valence-corrected chi connectivity index (χ0v) is 13.3. The van der Waals surface area contributed by atoms with Gasteiger partial charge < -0.3 is 10.1 Å². The average molecular weight is 345 g/mol. The van der Waals surface area contributed by atoms with Crippen LogP contribution in [0, 0.1) is 11.6 Å². The number of para-hydroxylation sites is 1. The van der Waals surface area contributed by atoms with Crippen LogP contribution in [-0.4, -0.2) is 5.91 Å². The lowest BCUT2D eigenvalue weighted by Gasteiger charge is -2.04. The van der Waals surface area contributed by atoms with Crippen molar-refractivity contribution in [3.8, 4) is 5.75 Å². The number of thiophene rings is 1. The number of hydrogen-bond acceptors (Lipinski definition) is 3. The molecular weight excluding hydrogens is 332 g/mol. The first-order valence-electron chi connectivity index (χ1n) is 7.13. The largest absolute Gasteiger partial charge is 0.489 e. The second-order valence-electron chi connectivity index (χ2n) is 5.00. The number of rotatable bonds is 5. The van der Waals surface area contributed by atoms with Crippen molar-refractivity contribution in [2.45, 2.75) is 6.61 Å². The van der Waals surface area contributed by atoms with Crippen LogP contribution in [0.2, 0.25) is 0 Å². The number of carbonyl (C=O) groups excluding carboxylic acids is 1. The lowest BCUT2D eigenvalue weighted by molar-refractivity contribution is 0.103. The van der Waals surface area contributed by atoms with Crippen molar-refractivity contribution in [2.75, 3.05) is 5.32 Å². The second-order valence-corrected chi connectivity index (χ2v) is 5.92. The molecule has 0 radical (unpaired) electrons. The third-order valence-electron chi connectivity index (χ3n) is 3.20. The first kappa shape index (κ1) is 16.1. The predicted octanol–water partition coefficient (Wildman–Crippen LogP) is 4.86. The molecule has 0 atom stereocenters. The van der Waals surface area contributed by atoms with E-state index in [4.69, 9.17) is 4.74 Å². The molecule has 1 N–H and O–H groups in total. The molecule has 0 saturated heterocycles. The van der Waals surface area contributed by atoms with Gasteiger partial charge in [0.15, 0.2) is 11.6 Å². The Hall–Kier alpha value is -2.73. The quantitative estimate of drug-likeness (QED) is 0.717. The van der Waals surface area contributed by atoms with Gasteiger partial charge >= 0.3 is 0 Å². The monoisotopic (exact) mass is 345 g/mol. The van der Waals surface area contributed by atoms with E-state index in [1.54, 1.807) is 6.07 Å². The van der Waals surface area contributed by atoms with Gasteiger partial charge in [-0.25, -0.2) is 8.78 Å². The Kier molecular flexibility index (Phi) is 4.86. The summed E-state index contributed by atoms with van der Waals surface area (Å²) in [6, 6.07) is 14.3. The lowest BCUT2D eigenvalue weighted by Crippen LogP contribution is -2.10. The zero-order chi connectivity index (χ0) is 16.9. The van der Waals surface area contributed by atoms with E-state index in [-0.39, 0.29) is 11.6 Å². The smallest absolute Gasteiger partial charge is 0.265 e. The van der Waals surface area contributed by atoms with Crippen LogP contribution < -0.4 is 10.1 Å². The molecule has 0 saturated carbocycles. The Balaban J connectivity index is 1.62. The second kappa shape index (κ2) is 7.23. The van der Waals surface area contributed by atoms with Gasteiger partial charge in [0, 0.05) is 17.3 Å². The van der Waals surface area contributed by atoms with Gasteiger partial charge in [0.1, 0.15) is 12.4 Å². The lowest BCUT2D eigenvalue weighted by atomic mass is 10.2. The number of nitrogens with one attached hydrogen (secondary N) is 1. The van der Waals surface area contributed by atoms with Gasteiger partial charge in [-0.05, 0) is 35.7 Å². The molecule has 0 unspecified atom stereocenters. The van der Waals surface area contributed by atoms with Crippen molar-refractivity contribution >= 4 is 22.9 Å². The maximum absolute atomic E-state index is 13.2. The summed E-state index contributed by atoms with van der Waals surface area (Å²) >= 11 is 1.26. The molecule has 3 aromatic rings. The first-order valence-corrected chi connectivity index (χ1v) is 8.01. The number of hydrogen-bond donors (Lipinski definition) is 1. The van der Waals surface area contributed by atoms with E-state index >= 15 is 0 Å². The molecule has 0 aliphatic carbocycles. The average Bonchev–Trinajstić information content (AvgIpc) is 3.06.